The van der Waals surface area contributed by atoms with Gasteiger partial charge in [-0.15, -0.1) is 0 Å². The van der Waals surface area contributed by atoms with Gasteiger partial charge in [0.05, 0.1) is 0 Å². The van der Waals surface area contributed by atoms with Crippen LogP contribution >= 0.6 is 11.6 Å². The van der Waals surface area contributed by atoms with Crippen LogP contribution in [0.2, 0.25) is 5.02 Å². The molecule has 0 saturated heterocycles. The molecular weight excluding hydrogens is 139 g/mol. The maximum Gasteiger partial charge on any atom is 0.115 e. The van der Waals surface area contributed by atoms with Crippen LogP contribution in [-0.4, -0.2) is 0 Å². The lowest BCUT2D eigenvalue weighted by Gasteiger charge is -1.91. The third-order valence-electron chi connectivity index (χ3n) is 0.967. The van der Waals surface area contributed by atoms with Crippen LogP contribution < -0.4 is 0 Å². The fraction of sp³-hybridized carbons (Fsp3) is 0.143. The molecule has 0 nitrogen and oxygen atoms in total. The third-order valence-corrected chi connectivity index (χ3v) is 1.20. The molecule has 0 aliphatic heterocycles. The van der Waals surface area contributed by atoms with Gasteiger partial charge in [-0.1, -0.05) is 17.7 Å². The van der Waals surface area contributed by atoms with Crippen molar-refractivity contribution < 1.29 is 4.39 Å². The van der Waals surface area contributed by atoms with E-state index in [9.17, 15) is 4.39 Å². The average Bonchev–Trinajstić information content (AvgIpc) is 1.88. The molecule has 0 fully saturated rings. The van der Waals surface area contributed by atoms with E-state index in [-0.39, 0.29) is 0 Å². The predicted molar refractivity (Wildman–Crippen MR) is 35.1 cm³/mol. The van der Waals surface area contributed by atoms with Gasteiger partial charge in [-0.25, -0.2) is 4.39 Å². The Morgan fingerprint density at radius 2 is 2.44 bits per heavy atom. The van der Waals surface area contributed by atoms with Crippen molar-refractivity contribution in [3.63, 3.8) is 0 Å². The first-order chi connectivity index (χ1) is 4.33. The van der Waals surface area contributed by atoms with Gasteiger partial charge in [0.25, 0.3) is 0 Å². The quantitative estimate of drug-likeness (QED) is 0.567. The summed E-state index contributed by atoms with van der Waals surface area (Å²) in [5.74, 6) is 0. The highest BCUT2D eigenvalue weighted by Crippen LogP contribution is 2.10. The number of hydrogen-bond acceptors (Lipinski definition) is 0. The third kappa shape index (κ3) is 1.68. The normalized spacial score (nSPS) is 9.56. The van der Waals surface area contributed by atoms with Crippen molar-refractivity contribution in [2.45, 2.75) is 6.67 Å². The smallest absolute Gasteiger partial charge is 0.115 e. The van der Waals surface area contributed by atoms with E-state index < -0.39 is 6.67 Å². The second-order valence-electron chi connectivity index (χ2n) is 1.67. The molecule has 0 aliphatic carbocycles. The van der Waals surface area contributed by atoms with Gasteiger partial charge in [0.2, 0.25) is 0 Å². The van der Waals surface area contributed by atoms with E-state index in [0.29, 0.717) is 10.6 Å². The Morgan fingerprint density at radius 1 is 1.67 bits per heavy atom. The maximum absolute atomic E-state index is 11.8. The first-order valence-corrected chi connectivity index (χ1v) is 2.93. The largest absolute Gasteiger partial charge is 0.246 e. The van der Waals surface area contributed by atoms with Crippen molar-refractivity contribution in [1.29, 1.82) is 0 Å². The lowest BCUT2D eigenvalue weighted by atomic mass is 10.2. The van der Waals surface area contributed by atoms with Gasteiger partial charge >= 0.3 is 0 Å². The highest BCUT2D eigenvalue weighted by Gasteiger charge is 1.90. The number of rotatable bonds is 1. The first kappa shape index (κ1) is 6.56. The van der Waals surface area contributed by atoms with Crippen molar-refractivity contribution in [1.82, 2.24) is 0 Å². The standard InChI is InChI=1S/C7H5ClF/c8-7-3-1-2-6(4-7)5-9/h1,3-4H,5H2. The second-order valence-corrected chi connectivity index (χ2v) is 2.10. The molecule has 0 aromatic heterocycles. The van der Waals surface area contributed by atoms with Crippen LogP contribution in [-0.2, 0) is 6.67 Å². The molecule has 0 N–H and O–H groups in total. The van der Waals surface area contributed by atoms with Crippen LogP contribution in [0.3, 0.4) is 0 Å². The van der Waals surface area contributed by atoms with Gasteiger partial charge in [-0.05, 0) is 23.8 Å². The molecule has 1 rings (SSSR count). The molecule has 0 amide bonds. The molecule has 0 bridgehead atoms. The van der Waals surface area contributed by atoms with E-state index >= 15 is 0 Å². The van der Waals surface area contributed by atoms with E-state index in [2.05, 4.69) is 6.07 Å². The van der Waals surface area contributed by atoms with Crippen LogP contribution in [0.4, 0.5) is 4.39 Å². The SMILES string of the molecule is FCc1[c]ccc(Cl)c1. The molecule has 0 spiro atoms. The summed E-state index contributed by atoms with van der Waals surface area (Å²) in [6.45, 7) is -0.499. The van der Waals surface area contributed by atoms with Crippen molar-refractivity contribution in [2.24, 2.45) is 0 Å². The van der Waals surface area contributed by atoms with Crippen molar-refractivity contribution >= 4 is 11.6 Å². The summed E-state index contributed by atoms with van der Waals surface area (Å²) in [6.07, 6.45) is 0. The highest BCUT2D eigenvalue weighted by atomic mass is 35.5. The summed E-state index contributed by atoms with van der Waals surface area (Å²) >= 11 is 5.54. The molecule has 47 valence electrons. The second kappa shape index (κ2) is 2.83. The van der Waals surface area contributed by atoms with Gasteiger partial charge < -0.3 is 0 Å². The molecule has 1 aromatic carbocycles. The summed E-state index contributed by atoms with van der Waals surface area (Å²) in [4.78, 5) is 0. The Hall–Kier alpha value is -0.560. The van der Waals surface area contributed by atoms with E-state index in [0.717, 1.165) is 0 Å². The van der Waals surface area contributed by atoms with E-state index in [4.69, 9.17) is 11.6 Å². The van der Waals surface area contributed by atoms with Gasteiger partial charge in [-0.3, -0.25) is 0 Å². The van der Waals surface area contributed by atoms with E-state index in [1.165, 1.54) is 0 Å². The van der Waals surface area contributed by atoms with Gasteiger partial charge in [-0.2, -0.15) is 0 Å². The Morgan fingerprint density at radius 3 is 2.89 bits per heavy atom. The highest BCUT2D eigenvalue weighted by molar-refractivity contribution is 6.30. The zero-order valence-electron chi connectivity index (χ0n) is 4.70. The molecule has 0 heterocycles. The van der Waals surface area contributed by atoms with Crippen molar-refractivity contribution in [3.8, 4) is 0 Å². The number of hydrogen-bond donors (Lipinski definition) is 0. The molecule has 1 aromatic rings. The molecule has 0 unspecified atom stereocenters. The van der Waals surface area contributed by atoms with Crippen LogP contribution in [0, 0.1) is 6.07 Å². The Balaban J connectivity index is 2.94. The predicted octanol–water partition coefficient (Wildman–Crippen LogP) is 2.61. The number of halogens is 2. The van der Waals surface area contributed by atoms with Crippen LogP contribution in [0.25, 0.3) is 0 Å². The van der Waals surface area contributed by atoms with E-state index in [1.54, 1.807) is 18.2 Å². The Kier molecular flexibility index (Phi) is 2.06. The summed E-state index contributed by atoms with van der Waals surface area (Å²) in [7, 11) is 0. The molecular formula is C7H5ClF. The lowest BCUT2D eigenvalue weighted by molar-refractivity contribution is 0.485. The summed E-state index contributed by atoms with van der Waals surface area (Å²) in [6, 6.07) is 7.53. The molecule has 2 heteroatoms. The monoisotopic (exact) mass is 143 g/mol. The minimum absolute atomic E-state index is 0.499. The minimum atomic E-state index is -0.499. The van der Waals surface area contributed by atoms with Gasteiger partial charge in [0.1, 0.15) is 6.67 Å². The minimum Gasteiger partial charge on any atom is -0.246 e. The van der Waals surface area contributed by atoms with Crippen LogP contribution in [0.1, 0.15) is 5.56 Å². The number of benzene rings is 1. The average molecular weight is 144 g/mol. The van der Waals surface area contributed by atoms with Gasteiger partial charge in [0, 0.05) is 5.02 Å². The molecule has 9 heavy (non-hydrogen) atoms. The molecule has 1 radical (unpaired) electrons. The first-order valence-electron chi connectivity index (χ1n) is 2.55. The molecule has 0 aliphatic rings. The Labute approximate surface area is 58.3 Å². The van der Waals surface area contributed by atoms with Crippen LogP contribution in [0.15, 0.2) is 18.2 Å². The fourth-order valence-corrected chi connectivity index (χ4v) is 0.756. The topological polar surface area (TPSA) is 0 Å². The maximum atomic E-state index is 11.8. The van der Waals surface area contributed by atoms with Crippen molar-refractivity contribution in [2.75, 3.05) is 0 Å². The zero-order valence-corrected chi connectivity index (χ0v) is 5.45. The number of alkyl halides is 1. The van der Waals surface area contributed by atoms with E-state index in [1.807, 2.05) is 0 Å². The molecule has 0 atom stereocenters. The fourth-order valence-electron chi connectivity index (χ4n) is 0.562. The van der Waals surface area contributed by atoms with Gasteiger partial charge in [0.15, 0.2) is 0 Å². The molecule has 0 saturated carbocycles. The van der Waals surface area contributed by atoms with Crippen molar-refractivity contribution in [3.05, 3.63) is 34.9 Å². The zero-order chi connectivity index (χ0) is 6.69. The van der Waals surface area contributed by atoms with Crippen LogP contribution in [0.5, 0.6) is 0 Å². The lowest BCUT2D eigenvalue weighted by Crippen LogP contribution is -1.75. The Bertz CT molecular complexity index is 198. The summed E-state index contributed by atoms with van der Waals surface area (Å²) in [5, 5.41) is 0.557. The summed E-state index contributed by atoms with van der Waals surface area (Å²) in [5.41, 5.74) is 0.502. The summed E-state index contributed by atoms with van der Waals surface area (Å²) < 4.78 is 11.8.